The second-order valence-corrected chi connectivity index (χ2v) is 7.97. The van der Waals surface area contributed by atoms with E-state index in [1.54, 1.807) is 4.68 Å². The Bertz CT molecular complexity index is 865. The first kappa shape index (κ1) is 16.0. The number of fused-ring (bicyclic) bond motifs is 1. The van der Waals surface area contributed by atoms with Crippen molar-refractivity contribution in [2.75, 3.05) is 18.0 Å². The summed E-state index contributed by atoms with van der Waals surface area (Å²) < 4.78 is 1.71. The number of hydrogen-bond acceptors (Lipinski definition) is 5. The molecule has 0 unspecified atom stereocenters. The third-order valence-electron chi connectivity index (χ3n) is 6.00. The van der Waals surface area contributed by atoms with Crippen LogP contribution in [0.25, 0.3) is 0 Å². The maximum absolute atomic E-state index is 12.3. The molecule has 2 aromatic rings. The molecule has 1 aliphatic heterocycles. The first-order chi connectivity index (χ1) is 12.8. The third-order valence-corrected chi connectivity index (χ3v) is 6.00. The van der Waals surface area contributed by atoms with Crippen LogP contribution in [0.2, 0.25) is 0 Å². The molecule has 136 valence electrons. The summed E-state index contributed by atoms with van der Waals surface area (Å²) in [5.41, 5.74) is 2.37. The van der Waals surface area contributed by atoms with Gasteiger partial charge >= 0.3 is 0 Å². The zero-order valence-corrected chi connectivity index (χ0v) is 15.1. The highest BCUT2D eigenvalue weighted by molar-refractivity contribution is 5.38. The van der Waals surface area contributed by atoms with Crippen molar-refractivity contribution in [1.29, 1.82) is 0 Å². The van der Waals surface area contributed by atoms with Gasteiger partial charge < -0.3 is 4.90 Å². The normalized spacial score (nSPS) is 20.4. The van der Waals surface area contributed by atoms with Gasteiger partial charge in [-0.15, -0.1) is 0 Å². The van der Waals surface area contributed by atoms with Crippen molar-refractivity contribution in [3.63, 3.8) is 0 Å². The van der Waals surface area contributed by atoms with E-state index in [1.165, 1.54) is 12.8 Å². The van der Waals surface area contributed by atoms with Crippen molar-refractivity contribution >= 4 is 5.82 Å². The van der Waals surface area contributed by atoms with E-state index in [4.69, 9.17) is 4.98 Å². The lowest BCUT2D eigenvalue weighted by Crippen LogP contribution is -2.37. The average Bonchev–Trinajstić information content (AvgIpc) is 3.43. The van der Waals surface area contributed by atoms with Gasteiger partial charge in [0.15, 0.2) is 0 Å². The van der Waals surface area contributed by atoms with Crippen molar-refractivity contribution in [3.8, 4) is 0 Å². The first-order valence-corrected chi connectivity index (χ1v) is 9.94. The molecule has 0 amide bonds. The zero-order valence-electron chi connectivity index (χ0n) is 15.1. The lowest BCUT2D eigenvalue weighted by atomic mass is 9.97. The van der Waals surface area contributed by atoms with Crippen molar-refractivity contribution in [2.24, 2.45) is 5.92 Å². The Hall–Kier alpha value is -2.24. The maximum atomic E-state index is 12.3. The van der Waals surface area contributed by atoms with Gasteiger partial charge in [-0.25, -0.2) is 14.6 Å². The molecule has 5 rings (SSSR count). The molecule has 3 aliphatic rings. The van der Waals surface area contributed by atoms with Crippen LogP contribution in [-0.4, -0.2) is 32.8 Å². The molecule has 0 spiro atoms. The third kappa shape index (κ3) is 3.13. The fourth-order valence-corrected chi connectivity index (χ4v) is 4.24. The van der Waals surface area contributed by atoms with Crippen LogP contribution in [0, 0.1) is 5.92 Å². The van der Waals surface area contributed by atoms with Crippen LogP contribution in [0.5, 0.6) is 0 Å². The maximum Gasteiger partial charge on any atom is 0.267 e. The van der Waals surface area contributed by atoms with Crippen molar-refractivity contribution in [3.05, 3.63) is 45.8 Å². The number of piperidine rings is 1. The Labute approximate surface area is 153 Å². The highest BCUT2D eigenvalue weighted by Gasteiger charge is 2.28. The van der Waals surface area contributed by atoms with Crippen LogP contribution in [-0.2, 0) is 19.4 Å². The molecule has 2 aromatic heterocycles. The van der Waals surface area contributed by atoms with Gasteiger partial charge in [-0.05, 0) is 62.5 Å². The lowest BCUT2D eigenvalue weighted by molar-refractivity contribution is 0.333. The quantitative estimate of drug-likeness (QED) is 0.846. The topological polar surface area (TPSA) is 63.9 Å². The standard InChI is InChI=1S/C20H25N5O/c26-19-12-16-2-1-3-17(16)23-25(19)13-14-7-10-24(11-8-14)18-6-9-21-20(22-18)15-4-5-15/h6,9,12,14-15H,1-5,7-8,10-11,13H2. The number of aromatic nitrogens is 4. The molecule has 2 aliphatic carbocycles. The Balaban J connectivity index is 1.23. The molecule has 0 N–H and O–H groups in total. The summed E-state index contributed by atoms with van der Waals surface area (Å²) >= 11 is 0. The van der Waals surface area contributed by atoms with Gasteiger partial charge in [0, 0.05) is 37.8 Å². The molecule has 3 heterocycles. The minimum absolute atomic E-state index is 0.0676. The lowest BCUT2D eigenvalue weighted by Gasteiger charge is -2.33. The number of rotatable bonds is 4. The smallest absolute Gasteiger partial charge is 0.267 e. The molecule has 0 radical (unpaired) electrons. The van der Waals surface area contributed by atoms with E-state index in [-0.39, 0.29) is 5.56 Å². The summed E-state index contributed by atoms with van der Waals surface area (Å²) in [6.07, 6.45) is 9.68. The summed E-state index contributed by atoms with van der Waals surface area (Å²) in [7, 11) is 0. The van der Waals surface area contributed by atoms with E-state index in [2.05, 4.69) is 15.0 Å². The molecule has 1 saturated carbocycles. The van der Waals surface area contributed by atoms with Crippen LogP contribution in [0.3, 0.4) is 0 Å². The molecule has 0 aromatic carbocycles. The number of hydrogen-bond donors (Lipinski definition) is 0. The van der Waals surface area contributed by atoms with Gasteiger partial charge in [0.25, 0.3) is 5.56 Å². The minimum Gasteiger partial charge on any atom is -0.356 e. The molecule has 6 heteroatoms. The fraction of sp³-hybridized carbons (Fsp3) is 0.600. The summed E-state index contributed by atoms with van der Waals surface area (Å²) in [6.45, 7) is 2.73. The van der Waals surface area contributed by atoms with Crippen molar-refractivity contribution in [2.45, 2.75) is 57.4 Å². The first-order valence-electron chi connectivity index (χ1n) is 9.94. The fourth-order valence-electron chi connectivity index (χ4n) is 4.24. The van der Waals surface area contributed by atoms with E-state index in [0.29, 0.717) is 11.8 Å². The second kappa shape index (κ2) is 6.49. The Kier molecular flexibility index (Phi) is 3.98. The zero-order chi connectivity index (χ0) is 17.5. The summed E-state index contributed by atoms with van der Waals surface area (Å²) in [5, 5.41) is 4.63. The Morgan fingerprint density at radius 2 is 1.96 bits per heavy atom. The molecular weight excluding hydrogens is 326 g/mol. The van der Waals surface area contributed by atoms with Gasteiger partial charge in [0.05, 0.1) is 5.69 Å². The predicted molar refractivity (Wildman–Crippen MR) is 99.5 cm³/mol. The van der Waals surface area contributed by atoms with Crippen LogP contribution in [0.1, 0.15) is 55.1 Å². The van der Waals surface area contributed by atoms with E-state index < -0.39 is 0 Å². The molecule has 0 atom stereocenters. The van der Waals surface area contributed by atoms with E-state index in [0.717, 1.165) is 74.6 Å². The summed E-state index contributed by atoms with van der Waals surface area (Å²) in [6, 6.07) is 3.84. The van der Waals surface area contributed by atoms with Crippen LogP contribution >= 0.6 is 0 Å². The van der Waals surface area contributed by atoms with Crippen LogP contribution < -0.4 is 10.5 Å². The number of nitrogens with zero attached hydrogens (tertiary/aromatic N) is 5. The molecular formula is C20H25N5O. The van der Waals surface area contributed by atoms with Gasteiger partial charge in [0.1, 0.15) is 11.6 Å². The minimum atomic E-state index is 0.0676. The monoisotopic (exact) mass is 351 g/mol. The Morgan fingerprint density at radius 3 is 2.77 bits per heavy atom. The van der Waals surface area contributed by atoms with E-state index >= 15 is 0 Å². The molecule has 0 bridgehead atoms. The average molecular weight is 351 g/mol. The number of aryl methyl sites for hydroxylation is 2. The SMILES string of the molecule is O=c1cc2c(nn1CC1CCN(c3ccnc(C4CC4)n3)CC1)CCC2. The van der Waals surface area contributed by atoms with Crippen molar-refractivity contribution in [1.82, 2.24) is 19.7 Å². The second-order valence-electron chi connectivity index (χ2n) is 7.97. The van der Waals surface area contributed by atoms with Crippen LogP contribution in [0.15, 0.2) is 23.1 Å². The Morgan fingerprint density at radius 1 is 1.12 bits per heavy atom. The molecule has 2 fully saturated rings. The highest BCUT2D eigenvalue weighted by Crippen LogP contribution is 2.38. The van der Waals surface area contributed by atoms with Gasteiger partial charge in [-0.2, -0.15) is 5.10 Å². The largest absolute Gasteiger partial charge is 0.356 e. The molecule has 6 nitrogen and oxygen atoms in total. The number of anilines is 1. The van der Waals surface area contributed by atoms with Gasteiger partial charge in [-0.3, -0.25) is 4.79 Å². The summed E-state index contributed by atoms with van der Waals surface area (Å²) in [4.78, 5) is 23.9. The van der Waals surface area contributed by atoms with E-state index in [1.807, 2.05) is 18.3 Å². The van der Waals surface area contributed by atoms with Crippen molar-refractivity contribution < 1.29 is 0 Å². The van der Waals surface area contributed by atoms with E-state index in [9.17, 15) is 4.79 Å². The summed E-state index contributed by atoms with van der Waals surface area (Å²) in [5.74, 6) is 3.18. The van der Waals surface area contributed by atoms with Gasteiger partial charge in [0.2, 0.25) is 0 Å². The highest BCUT2D eigenvalue weighted by atomic mass is 16.1. The predicted octanol–water partition coefficient (Wildman–Crippen LogP) is 2.32. The van der Waals surface area contributed by atoms with Gasteiger partial charge in [-0.1, -0.05) is 0 Å². The molecule has 26 heavy (non-hydrogen) atoms. The van der Waals surface area contributed by atoms with Crippen LogP contribution in [0.4, 0.5) is 5.82 Å². The molecule has 1 saturated heterocycles.